The van der Waals surface area contributed by atoms with Crippen LogP contribution in [-0.4, -0.2) is 6.29 Å². The van der Waals surface area contributed by atoms with Crippen LogP contribution >= 0.6 is 31.9 Å². The van der Waals surface area contributed by atoms with E-state index in [4.69, 9.17) is 9.47 Å². The largest absolute Gasteiger partial charge is 0.455 e. The van der Waals surface area contributed by atoms with Gasteiger partial charge in [0.1, 0.15) is 11.5 Å². The average Bonchev–Trinajstić information content (AvgIpc) is 2.35. The molecule has 2 aromatic carbocycles. The van der Waals surface area contributed by atoms with Crippen LogP contribution in [0.2, 0.25) is 0 Å². The fourth-order valence-corrected chi connectivity index (χ4v) is 1.96. The fourth-order valence-electron chi connectivity index (χ4n) is 1.43. The van der Waals surface area contributed by atoms with Gasteiger partial charge in [-0.1, -0.05) is 31.9 Å². The molecule has 18 heavy (non-hydrogen) atoms. The van der Waals surface area contributed by atoms with Crippen molar-refractivity contribution < 1.29 is 9.47 Å². The maximum atomic E-state index is 5.65. The molecule has 0 aliphatic rings. The second-order valence-electron chi connectivity index (χ2n) is 3.71. The summed E-state index contributed by atoms with van der Waals surface area (Å²) in [6, 6.07) is 15.3. The number of halogens is 2. The summed E-state index contributed by atoms with van der Waals surface area (Å²) in [6.45, 7) is 1.87. The van der Waals surface area contributed by atoms with Gasteiger partial charge in [0.15, 0.2) is 0 Å². The minimum Gasteiger partial charge on any atom is -0.455 e. The quantitative estimate of drug-likeness (QED) is 0.703. The molecule has 0 saturated carbocycles. The molecule has 0 atom stereocenters. The Morgan fingerprint density at radius 2 is 1.06 bits per heavy atom. The van der Waals surface area contributed by atoms with Gasteiger partial charge in [0.2, 0.25) is 6.29 Å². The minimum atomic E-state index is -0.340. The number of rotatable bonds is 4. The zero-order chi connectivity index (χ0) is 13.0. The van der Waals surface area contributed by atoms with E-state index >= 15 is 0 Å². The molecular formula is C14H12Br2O2. The number of benzene rings is 2. The summed E-state index contributed by atoms with van der Waals surface area (Å²) in [5.41, 5.74) is 0. The zero-order valence-electron chi connectivity index (χ0n) is 9.77. The highest BCUT2D eigenvalue weighted by Gasteiger charge is 2.05. The van der Waals surface area contributed by atoms with Crippen LogP contribution in [0.1, 0.15) is 6.92 Å². The van der Waals surface area contributed by atoms with Crippen LogP contribution in [0.5, 0.6) is 11.5 Å². The van der Waals surface area contributed by atoms with Crippen LogP contribution in [0, 0.1) is 0 Å². The van der Waals surface area contributed by atoms with E-state index in [0.717, 1.165) is 20.4 Å². The molecule has 0 radical (unpaired) electrons. The van der Waals surface area contributed by atoms with Crippen LogP contribution in [0.3, 0.4) is 0 Å². The molecule has 0 spiro atoms. The first-order valence-corrected chi connectivity index (χ1v) is 7.06. The van der Waals surface area contributed by atoms with Gasteiger partial charge in [0.05, 0.1) is 0 Å². The summed E-state index contributed by atoms with van der Waals surface area (Å²) in [4.78, 5) is 0. The van der Waals surface area contributed by atoms with Crippen molar-refractivity contribution in [3.8, 4) is 11.5 Å². The maximum Gasteiger partial charge on any atom is 0.238 e. The predicted molar refractivity (Wildman–Crippen MR) is 79.0 cm³/mol. The Balaban J connectivity index is 1.94. The topological polar surface area (TPSA) is 18.5 Å². The fraction of sp³-hybridized carbons (Fsp3) is 0.143. The van der Waals surface area contributed by atoms with Crippen molar-refractivity contribution in [2.24, 2.45) is 0 Å². The van der Waals surface area contributed by atoms with E-state index in [2.05, 4.69) is 31.9 Å². The van der Waals surface area contributed by atoms with Crippen molar-refractivity contribution >= 4 is 31.9 Å². The molecule has 0 amide bonds. The van der Waals surface area contributed by atoms with Gasteiger partial charge in [-0.05, 0) is 48.5 Å². The van der Waals surface area contributed by atoms with Crippen molar-refractivity contribution in [1.29, 1.82) is 0 Å². The van der Waals surface area contributed by atoms with Gasteiger partial charge in [-0.25, -0.2) is 0 Å². The molecule has 0 heterocycles. The molecule has 4 heteroatoms. The van der Waals surface area contributed by atoms with Crippen LogP contribution in [0.4, 0.5) is 0 Å². The molecule has 0 saturated heterocycles. The van der Waals surface area contributed by atoms with Gasteiger partial charge >= 0.3 is 0 Å². The van der Waals surface area contributed by atoms with Crippen LogP contribution < -0.4 is 9.47 Å². The minimum absolute atomic E-state index is 0.340. The Hall–Kier alpha value is -1.00. The molecule has 0 aromatic heterocycles. The number of hydrogen-bond acceptors (Lipinski definition) is 2. The lowest BCUT2D eigenvalue weighted by molar-refractivity contribution is 0.0223. The number of hydrogen-bond donors (Lipinski definition) is 0. The Morgan fingerprint density at radius 1 is 0.722 bits per heavy atom. The monoisotopic (exact) mass is 370 g/mol. The van der Waals surface area contributed by atoms with Crippen molar-refractivity contribution in [3.05, 3.63) is 57.5 Å². The van der Waals surface area contributed by atoms with E-state index in [0.29, 0.717) is 0 Å². The Labute approximate surface area is 123 Å². The smallest absolute Gasteiger partial charge is 0.238 e. The predicted octanol–water partition coefficient (Wildman–Crippen LogP) is 5.02. The summed E-state index contributed by atoms with van der Waals surface area (Å²) in [7, 11) is 0. The van der Waals surface area contributed by atoms with Crippen LogP contribution in [0.15, 0.2) is 57.5 Å². The zero-order valence-corrected chi connectivity index (χ0v) is 12.9. The molecular weight excluding hydrogens is 360 g/mol. The van der Waals surface area contributed by atoms with Gasteiger partial charge in [-0.15, -0.1) is 0 Å². The van der Waals surface area contributed by atoms with Gasteiger partial charge in [-0.2, -0.15) is 0 Å². The van der Waals surface area contributed by atoms with E-state index in [1.54, 1.807) is 0 Å². The average molecular weight is 372 g/mol. The van der Waals surface area contributed by atoms with Crippen molar-refractivity contribution in [2.45, 2.75) is 13.2 Å². The lowest BCUT2D eigenvalue weighted by Gasteiger charge is -2.16. The maximum absolute atomic E-state index is 5.65. The summed E-state index contributed by atoms with van der Waals surface area (Å²) in [5.74, 6) is 1.56. The van der Waals surface area contributed by atoms with Crippen molar-refractivity contribution in [1.82, 2.24) is 0 Å². The normalized spacial score (nSPS) is 10.4. The van der Waals surface area contributed by atoms with E-state index < -0.39 is 0 Å². The molecule has 0 aliphatic heterocycles. The first-order valence-electron chi connectivity index (χ1n) is 5.48. The first-order chi connectivity index (χ1) is 8.63. The standard InChI is InChI=1S/C14H12Br2O2/c1-10(17-13-6-2-11(15)3-7-13)18-14-8-4-12(16)5-9-14/h2-10H,1H3. The summed E-state index contributed by atoms with van der Waals surface area (Å²) < 4.78 is 13.3. The first kappa shape index (κ1) is 13.4. The highest BCUT2D eigenvalue weighted by Crippen LogP contribution is 2.20. The summed E-state index contributed by atoms with van der Waals surface area (Å²) >= 11 is 6.76. The van der Waals surface area contributed by atoms with Gasteiger partial charge < -0.3 is 9.47 Å². The van der Waals surface area contributed by atoms with E-state index in [1.807, 2.05) is 55.5 Å². The molecule has 2 aromatic rings. The van der Waals surface area contributed by atoms with E-state index in [-0.39, 0.29) is 6.29 Å². The van der Waals surface area contributed by atoms with Gasteiger partial charge in [0.25, 0.3) is 0 Å². The number of ether oxygens (including phenoxy) is 2. The lowest BCUT2D eigenvalue weighted by Crippen LogP contribution is -2.19. The highest BCUT2D eigenvalue weighted by atomic mass is 79.9. The van der Waals surface area contributed by atoms with Crippen molar-refractivity contribution in [2.75, 3.05) is 0 Å². The highest BCUT2D eigenvalue weighted by molar-refractivity contribution is 9.10. The third-order valence-electron chi connectivity index (χ3n) is 2.23. The van der Waals surface area contributed by atoms with Crippen molar-refractivity contribution in [3.63, 3.8) is 0 Å². The third-order valence-corrected chi connectivity index (χ3v) is 3.29. The summed E-state index contributed by atoms with van der Waals surface area (Å²) in [6.07, 6.45) is -0.340. The molecule has 0 bridgehead atoms. The molecule has 2 nitrogen and oxygen atoms in total. The molecule has 2 rings (SSSR count). The van der Waals surface area contributed by atoms with Gasteiger partial charge in [0, 0.05) is 15.9 Å². The SMILES string of the molecule is CC(Oc1ccc(Br)cc1)Oc1ccc(Br)cc1. The summed E-state index contributed by atoms with van der Waals surface area (Å²) in [5, 5.41) is 0. The van der Waals surface area contributed by atoms with Gasteiger partial charge in [-0.3, -0.25) is 0 Å². The molecule has 0 fully saturated rings. The van der Waals surface area contributed by atoms with Crippen LogP contribution in [-0.2, 0) is 0 Å². The second-order valence-corrected chi connectivity index (χ2v) is 5.54. The van der Waals surface area contributed by atoms with E-state index in [9.17, 15) is 0 Å². The Kier molecular flexibility index (Phi) is 4.66. The lowest BCUT2D eigenvalue weighted by atomic mass is 10.3. The molecule has 0 aliphatic carbocycles. The second kappa shape index (κ2) is 6.25. The van der Waals surface area contributed by atoms with E-state index in [1.165, 1.54) is 0 Å². The van der Waals surface area contributed by atoms with Crippen LogP contribution in [0.25, 0.3) is 0 Å². The molecule has 0 N–H and O–H groups in total. The third kappa shape index (κ3) is 4.03. The molecule has 94 valence electrons. The Morgan fingerprint density at radius 3 is 1.39 bits per heavy atom. The molecule has 0 unspecified atom stereocenters. The Bertz CT molecular complexity index is 447.